The lowest BCUT2D eigenvalue weighted by Gasteiger charge is -2.34. The molecule has 4 rings (SSSR count). The maximum atomic E-state index is 14.5. The molecule has 0 radical (unpaired) electrons. The van der Waals surface area contributed by atoms with Crippen molar-refractivity contribution >= 4 is 39.1 Å². The first-order valence-corrected chi connectivity index (χ1v) is 15.9. The maximum absolute atomic E-state index is 14.5. The first-order valence-electron chi connectivity index (χ1n) is 14.1. The molecule has 0 unspecified atom stereocenters. The number of halogens is 1. The number of rotatable bonds is 12. The predicted molar refractivity (Wildman–Crippen MR) is 171 cm³/mol. The number of para-hydroxylation sites is 1. The molecule has 0 spiro atoms. The van der Waals surface area contributed by atoms with E-state index >= 15 is 0 Å². The minimum Gasteiger partial charge on any atom is -0.352 e. The summed E-state index contributed by atoms with van der Waals surface area (Å²) in [6.45, 7) is 4.98. The Hall–Kier alpha value is -4.14. The smallest absolute Gasteiger partial charge is 0.264 e. The summed E-state index contributed by atoms with van der Waals surface area (Å²) in [5.41, 5.74) is 2.56. The van der Waals surface area contributed by atoms with Crippen LogP contribution in [0.15, 0.2) is 114 Å². The van der Waals surface area contributed by atoms with Crippen LogP contribution in [-0.4, -0.2) is 43.8 Å². The standard InChI is InChI=1S/C34H36ClN3O4S/c1-25(2)36-34(40)32(22-27-15-6-4-7-16-27)37(23-28-17-11-12-20-30(28)35)33(39)24-38(31-21-13-10-14-26(31)3)43(41,42)29-18-8-5-9-19-29/h4-21,25,32H,22-24H2,1-3H3,(H,36,40)/t32-/m0/s1. The van der Waals surface area contributed by atoms with Crippen molar-refractivity contribution in [3.63, 3.8) is 0 Å². The van der Waals surface area contributed by atoms with Crippen LogP contribution < -0.4 is 9.62 Å². The highest BCUT2D eigenvalue weighted by Gasteiger charge is 2.35. The van der Waals surface area contributed by atoms with Gasteiger partial charge in [0.25, 0.3) is 10.0 Å². The average molecular weight is 618 g/mol. The lowest BCUT2D eigenvalue weighted by atomic mass is 10.0. The lowest BCUT2D eigenvalue weighted by Crippen LogP contribution is -2.54. The zero-order chi connectivity index (χ0) is 31.0. The van der Waals surface area contributed by atoms with E-state index in [1.54, 1.807) is 61.5 Å². The van der Waals surface area contributed by atoms with Gasteiger partial charge in [-0.05, 0) is 61.7 Å². The molecule has 4 aromatic rings. The first kappa shape index (κ1) is 31.8. The van der Waals surface area contributed by atoms with Crippen molar-refractivity contribution in [3.8, 4) is 0 Å². The number of nitrogens with one attached hydrogen (secondary N) is 1. The fourth-order valence-corrected chi connectivity index (χ4v) is 6.52. The fraction of sp³-hybridized carbons (Fsp3) is 0.235. The third-order valence-corrected chi connectivity index (χ3v) is 9.14. The molecule has 0 aliphatic carbocycles. The van der Waals surface area contributed by atoms with Crippen LogP contribution in [0.1, 0.15) is 30.5 Å². The summed E-state index contributed by atoms with van der Waals surface area (Å²) in [4.78, 5) is 29.7. The summed E-state index contributed by atoms with van der Waals surface area (Å²) < 4.78 is 29.2. The molecule has 0 bridgehead atoms. The Morgan fingerprint density at radius 3 is 2.02 bits per heavy atom. The molecule has 224 valence electrons. The third kappa shape index (κ3) is 8.03. The molecule has 9 heteroatoms. The van der Waals surface area contributed by atoms with Crippen LogP contribution in [0.5, 0.6) is 0 Å². The molecule has 0 aliphatic rings. The van der Waals surface area contributed by atoms with E-state index in [-0.39, 0.29) is 29.8 Å². The van der Waals surface area contributed by atoms with Crippen molar-refractivity contribution < 1.29 is 18.0 Å². The number of aryl methyl sites for hydroxylation is 1. The Bertz CT molecular complexity index is 1650. The zero-order valence-corrected chi connectivity index (χ0v) is 26.1. The van der Waals surface area contributed by atoms with Gasteiger partial charge in [-0.15, -0.1) is 0 Å². The van der Waals surface area contributed by atoms with Crippen LogP contribution in [0.25, 0.3) is 0 Å². The summed E-state index contributed by atoms with van der Waals surface area (Å²) in [5, 5.41) is 3.39. The molecule has 4 aromatic carbocycles. The Morgan fingerprint density at radius 2 is 1.40 bits per heavy atom. The average Bonchev–Trinajstić information content (AvgIpc) is 2.99. The van der Waals surface area contributed by atoms with Gasteiger partial charge in [0.2, 0.25) is 11.8 Å². The van der Waals surface area contributed by atoms with E-state index in [9.17, 15) is 18.0 Å². The minimum absolute atomic E-state index is 0.00845. The molecule has 0 saturated carbocycles. The molecule has 7 nitrogen and oxygen atoms in total. The molecular formula is C34H36ClN3O4S. The van der Waals surface area contributed by atoms with E-state index in [0.29, 0.717) is 21.8 Å². The van der Waals surface area contributed by atoms with Crippen molar-refractivity contribution in [1.29, 1.82) is 0 Å². The van der Waals surface area contributed by atoms with Gasteiger partial charge in [-0.25, -0.2) is 8.42 Å². The van der Waals surface area contributed by atoms with Gasteiger partial charge < -0.3 is 10.2 Å². The number of hydrogen-bond acceptors (Lipinski definition) is 4. The van der Waals surface area contributed by atoms with Gasteiger partial charge in [-0.2, -0.15) is 0 Å². The maximum Gasteiger partial charge on any atom is 0.264 e. The molecule has 1 N–H and O–H groups in total. The predicted octanol–water partition coefficient (Wildman–Crippen LogP) is 6.01. The highest BCUT2D eigenvalue weighted by atomic mass is 35.5. The molecular weight excluding hydrogens is 582 g/mol. The van der Waals surface area contributed by atoms with E-state index in [0.717, 1.165) is 9.87 Å². The topological polar surface area (TPSA) is 86.8 Å². The number of benzene rings is 4. The van der Waals surface area contributed by atoms with Gasteiger partial charge in [0, 0.05) is 24.0 Å². The van der Waals surface area contributed by atoms with Crippen LogP contribution >= 0.6 is 11.6 Å². The molecule has 0 saturated heterocycles. The third-order valence-electron chi connectivity index (χ3n) is 6.99. The normalized spacial score (nSPS) is 12.0. The molecule has 43 heavy (non-hydrogen) atoms. The molecule has 1 atom stereocenters. The molecule has 0 aromatic heterocycles. The fourth-order valence-electron chi connectivity index (χ4n) is 4.82. The van der Waals surface area contributed by atoms with Crippen LogP contribution in [0, 0.1) is 6.92 Å². The number of amides is 2. The van der Waals surface area contributed by atoms with E-state index in [2.05, 4.69) is 5.32 Å². The van der Waals surface area contributed by atoms with Gasteiger partial charge in [-0.3, -0.25) is 13.9 Å². The van der Waals surface area contributed by atoms with Crippen LogP contribution in [0.4, 0.5) is 5.69 Å². The van der Waals surface area contributed by atoms with Crippen molar-refractivity contribution in [3.05, 3.63) is 131 Å². The van der Waals surface area contributed by atoms with E-state index in [1.165, 1.54) is 17.0 Å². The number of carbonyl (C=O) groups excluding carboxylic acids is 2. The Labute approximate surface area is 259 Å². The Balaban J connectivity index is 1.82. The van der Waals surface area contributed by atoms with Crippen LogP contribution in [0.3, 0.4) is 0 Å². The van der Waals surface area contributed by atoms with Crippen molar-refractivity contribution in [1.82, 2.24) is 10.2 Å². The first-order chi connectivity index (χ1) is 20.6. The quantitative estimate of drug-likeness (QED) is 0.211. The number of sulfonamides is 1. The van der Waals surface area contributed by atoms with Crippen LogP contribution in [-0.2, 0) is 32.6 Å². The Morgan fingerprint density at radius 1 is 0.814 bits per heavy atom. The molecule has 2 amide bonds. The number of carbonyl (C=O) groups is 2. The van der Waals surface area contributed by atoms with Crippen LogP contribution in [0.2, 0.25) is 5.02 Å². The number of hydrogen-bond donors (Lipinski definition) is 1. The zero-order valence-electron chi connectivity index (χ0n) is 24.5. The van der Waals surface area contributed by atoms with Gasteiger partial charge in [0.1, 0.15) is 12.6 Å². The van der Waals surface area contributed by atoms with Gasteiger partial charge in [0.05, 0.1) is 10.6 Å². The molecule has 0 fully saturated rings. The number of anilines is 1. The van der Waals surface area contributed by atoms with Crippen molar-refractivity contribution in [2.24, 2.45) is 0 Å². The highest BCUT2D eigenvalue weighted by molar-refractivity contribution is 7.92. The molecule has 0 aliphatic heterocycles. The minimum atomic E-state index is -4.15. The van der Waals surface area contributed by atoms with Crippen molar-refractivity contribution in [2.45, 2.75) is 50.7 Å². The monoisotopic (exact) mass is 617 g/mol. The summed E-state index contributed by atoms with van der Waals surface area (Å²) in [6, 6.07) is 30.4. The summed E-state index contributed by atoms with van der Waals surface area (Å²) >= 11 is 6.53. The lowest BCUT2D eigenvalue weighted by molar-refractivity contribution is -0.140. The Kier molecular flexibility index (Phi) is 10.6. The second-order valence-corrected chi connectivity index (χ2v) is 12.9. The van der Waals surface area contributed by atoms with Crippen molar-refractivity contribution in [2.75, 3.05) is 10.8 Å². The number of nitrogens with zero attached hydrogens (tertiary/aromatic N) is 2. The molecule has 0 heterocycles. The summed E-state index contributed by atoms with van der Waals surface area (Å²) in [5.74, 6) is -0.880. The highest BCUT2D eigenvalue weighted by Crippen LogP contribution is 2.28. The van der Waals surface area contributed by atoms with Gasteiger partial charge >= 0.3 is 0 Å². The summed E-state index contributed by atoms with van der Waals surface area (Å²) in [7, 11) is -4.15. The second-order valence-electron chi connectivity index (χ2n) is 10.6. The van der Waals surface area contributed by atoms with Gasteiger partial charge in [-0.1, -0.05) is 96.5 Å². The van der Waals surface area contributed by atoms with E-state index in [4.69, 9.17) is 11.6 Å². The van der Waals surface area contributed by atoms with E-state index in [1.807, 2.05) is 56.3 Å². The van der Waals surface area contributed by atoms with E-state index < -0.39 is 28.5 Å². The SMILES string of the molecule is Cc1ccccc1N(CC(=O)N(Cc1ccccc1Cl)[C@@H](Cc1ccccc1)C(=O)NC(C)C)S(=O)(=O)c1ccccc1. The largest absolute Gasteiger partial charge is 0.352 e. The summed E-state index contributed by atoms with van der Waals surface area (Å²) in [6.07, 6.45) is 0.228. The van der Waals surface area contributed by atoms with Gasteiger partial charge in [0.15, 0.2) is 0 Å². The second kappa shape index (κ2) is 14.4.